The van der Waals surface area contributed by atoms with Crippen LogP contribution in [-0.2, 0) is 38.1 Å². The zero-order valence-corrected chi connectivity index (χ0v) is 57.7. The average molecular weight is 1180 g/mol. The van der Waals surface area contributed by atoms with Crippen LogP contribution in [0.15, 0.2) is 0 Å². The lowest BCUT2D eigenvalue weighted by Gasteiger charge is -2.61. The minimum Gasteiger partial charge on any atom is -0.465 e. The van der Waals surface area contributed by atoms with Crippen LogP contribution in [0.4, 0.5) is 0 Å². The topological polar surface area (TPSA) is 125 Å². The molecule has 15 rings (SSSR count). The highest BCUT2D eigenvalue weighted by molar-refractivity contribution is 5.80. The standard InChI is InChI=1S/C23H36O2.C15H26O2.C14H24O2.C12H18O2.C12H22O/c1-13-14(2)19-8-18(13)9-20(19)21(24)25-22(3,4)23-10-15-5-16(11-23)7-17(6-15)12-23;1-6-15(4,5)17-14(16)13-8-11-7-12(13)10(3)9(11)2;1-8-9(2)11-6-10(8)7-12(11)13(15)16-14(3,4)5;1-7-8(2)10-5-9(7)6-12(10)3-4-14-11(12)13;1-7-8(2)10-5-9(7)6-11(10)12(3,4)13/h13-20H,5-12H2,1-4H3;9-13H,6-8H2,1-5H3;8-12H,6-7H2,1-5H3;7-10H,3-6H2,1-2H3;7-11,13H,5-6H2,1-4H3. The van der Waals surface area contributed by atoms with E-state index in [4.69, 9.17) is 18.9 Å². The number of fused-ring (bicyclic) bond motifs is 11. The molecule has 9 heteroatoms. The molecule has 15 aliphatic rings. The summed E-state index contributed by atoms with van der Waals surface area (Å²) < 4.78 is 22.8. The first-order valence-corrected chi connectivity index (χ1v) is 36.1. The molecule has 1 saturated heterocycles. The van der Waals surface area contributed by atoms with Crippen molar-refractivity contribution in [3.63, 3.8) is 0 Å². The van der Waals surface area contributed by atoms with Gasteiger partial charge in [-0.3, -0.25) is 19.2 Å². The minimum atomic E-state index is -0.451. The zero-order valence-electron chi connectivity index (χ0n) is 57.7. The quantitative estimate of drug-likeness (QED) is 0.187. The SMILES string of the molecule is CC1C2CC(C(=O)OC(C)(C)C)C(C2)C1C.CC1C2CC(C(=O)OC(C)(C)C34CC5CC(CC(C5)C3)C4)C(C2)C1C.CC1C2CC(C1C)C(C(C)(C)O)C2.CC1C2CC(C1C)C1(CCOC1=O)C2.CCC(C)(C)OC(=O)C1CC2CC1C(C)C2C. The summed E-state index contributed by atoms with van der Waals surface area (Å²) in [7, 11) is 0. The molecule has 25 unspecified atom stereocenters. The first-order valence-electron chi connectivity index (χ1n) is 36.1. The van der Waals surface area contributed by atoms with E-state index in [1.54, 1.807) is 0 Å². The number of cyclic esters (lactones) is 1. The summed E-state index contributed by atoms with van der Waals surface area (Å²) >= 11 is 0. The monoisotopic (exact) mass is 1180 g/mol. The number of ether oxygens (including phenoxy) is 4. The Hall–Kier alpha value is -2.16. The van der Waals surface area contributed by atoms with Crippen molar-refractivity contribution in [1.29, 1.82) is 0 Å². The predicted molar refractivity (Wildman–Crippen MR) is 338 cm³/mol. The van der Waals surface area contributed by atoms with Crippen molar-refractivity contribution < 1.29 is 43.2 Å². The van der Waals surface area contributed by atoms with Gasteiger partial charge in [0.1, 0.15) is 16.8 Å². The number of carbonyl (C=O) groups is 4. The highest BCUT2D eigenvalue weighted by atomic mass is 16.6. The van der Waals surface area contributed by atoms with E-state index in [1.807, 2.05) is 48.5 Å². The second-order valence-corrected chi connectivity index (χ2v) is 36.3. The maximum Gasteiger partial charge on any atom is 0.312 e. The van der Waals surface area contributed by atoms with E-state index in [1.165, 1.54) is 77.0 Å². The van der Waals surface area contributed by atoms with E-state index in [2.05, 4.69) is 90.0 Å². The van der Waals surface area contributed by atoms with Crippen molar-refractivity contribution in [2.24, 2.45) is 171 Å². The molecule has 1 heterocycles. The third kappa shape index (κ3) is 12.3. The smallest absolute Gasteiger partial charge is 0.312 e. The van der Waals surface area contributed by atoms with Gasteiger partial charge in [-0.2, -0.15) is 0 Å². The van der Waals surface area contributed by atoms with Crippen LogP contribution < -0.4 is 0 Å². The molecule has 0 radical (unpaired) electrons. The summed E-state index contributed by atoms with van der Waals surface area (Å²) in [6.07, 6.45) is 22.1. The van der Waals surface area contributed by atoms with Gasteiger partial charge in [0.25, 0.3) is 0 Å². The highest BCUT2D eigenvalue weighted by Gasteiger charge is 2.64. The van der Waals surface area contributed by atoms with Gasteiger partial charge in [-0.25, -0.2) is 0 Å². The first-order chi connectivity index (χ1) is 39.5. The van der Waals surface area contributed by atoms with E-state index in [0.717, 1.165) is 133 Å². The number of esters is 4. The summed E-state index contributed by atoms with van der Waals surface area (Å²) in [5, 5.41) is 10.0. The number of hydrogen-bond donors (Lipinski definition) is 1. The Morgan fingerprint density at radius 2 is 0.859 bits per heavy atom. The minimum absolute atomic E-state index is 0.0405. The molecule has 1 N–H and O–H groups in total. The normalized spacial score (nSPS) is 48.7. The summed E-state index contributed by atoms with van der Waals surface area (Å²) in [6, 6.07) is 0. The summed E-state index contributed by atoms with van der Waals surface area (Å²) in [4.78, 5) is 49.3. The van der Waals surface area contributed by atoms with E-state index in [9.17, 15) is 24.3 Å². The Kier molecular flexibility index (Phi) is 18.4. The van der Waals surface area contributed by atoms with Gasteiger partial charge in [0.2, 0.25) is 0 Å². The molecule has 14 saturated carbocycles. The highest BCUT2D eigenvalue weighted by Crippen LogP contribution is 2.67. The first kappa shape index (κ1) is 65.8. The van der Waals surface area contributed by atoms with Gasteiger partial charge in [0, 0.05) is 5.41 Å². The molecule has 1 aliphatic heterocycles. The van der Waals surface area contributed by atoms with Crippen LogP contribution in [-0.4, -0.2) is 58.0 Å². The van der Waals surface area contributed by atoms with Crippen molar-refractivity contribution in [3.05, 3.63) is 0 Å². The number of aliphatic hydroxyl groups is 1. The van der Waals surface area contributed by atoms with Crippen molar-refractivity contribution in [3.8, 4) is 0 Å². The molecule has 0 aromatic carbocycles. The second-order valence-electron chi connectivity index (χ2n) is 36.3. The molecule has 484 valence electrons. The van der Waals surface area contributed by atoms with E-state index >= 15 is 0 Å². The Balaban J connectivity index is 0.000000121. The van der Waals surface area contributed by atoms with Crippen molar-refractivity contribution in [1.82, 2.24) is 0 Å². The number of hydrogen-bond acceptors (Lipinski definition) is 9. The molecular formula is C76H126O9. The number of rotatable bonds is 8. The van der Waals surface area contributed by atoms with Gasteiger partial charge in [0.05, 0.1) is 35.4 Å². The molecule has 25 atom stereocenters. The molecule has 0 amide bonds. The fourth-order valence-corrected chi connectivity index (χ4v) is 23.7. The summed E-state index contributed by atoms with van der Waals surface area (Å²) in [6.45, 7) is 44.5. The van der Waals surface area contributed by atoms with Gasteiger partial charge in [-0.05, 0) is 320 Å². The van der Waals surface area contributed by atoms with Gasteiger partial charge >= 0.3 is 23.9 Å². The van der Waals surface area contributed by atoms with Crippen LogP contribution >= 0.6 is 0 Å². The predicted octanol–water partition coefficient (Wildman–Crippen LogP) is 17.3. The lowest BCUT2D eigenvalue weighted by Crippen LogP contribution is -2.57. The maximum absolute atomic E-state index is 13.2. The fraction of sp³-hybridized carbons (Fsp3) is 0.947. The van der Waals surface area contributed by atoms with Gasteiger partial charge in [-0.15, -0.1) is 0 Å². The molecule has 0 aromatic heterocycles. The van der Waals surface area contributed by atoms with Gasteiger partial charge in [0.15, 0.2) is 0 Å². The third-order valence-corrected chi connectivity index (χ3v) is 30.0. The van der Waals surface area contributed by atoms with Crippen molar-refractivity contribution in [2.45, 2.75) is 276 Å². The molecule has 1 spiro atoms. The van der Waals surface area contributed by atoms with Crippen LogP contribution in [0.2, 0.25) is 0 Å². The van der Waals surface area contributed by atoms with Gasteiger partial charge in [-0.1, -0.05) is 76.2 Å². The Bertz CT molecular complexity index is 2360. The Labute approximate surface area is 518 Å². The van der Waals surface area contributed by atoms with Crippen LogP contribution in [0.3, 0.4) is 0 Å². The third-order valence-electron chi connectivity index (χ3n) is 30.0. The molecule has 85 heavy (non-hydrogen) atoms. The molecular weight excluding hydrogens is 1060 g/mol. The average Bonchev–Trinajstić information content (AvgIpc) is 1.47. The lowest BCUT2D eigenvalue weighted by atomic mass is 9.46. The zero-order chi connectivity index (χ0) is 62.2. The van der Waals surface area contributed by atoms with E-state index < -0.39 is 5.60 Å². The molecule has 0 aromatic rings. The molecule has 9 nitrogen and oxygen atoms in total. The number of carbonyl (C=O) groups excluding carboxylic acids is 4. The lowest BCUT2D eigenvalue weighted by molar-refractivity contribution is -0.204. The van der Waals surface area contributed by atoms with Crippen LogP contribution in [0.25, 0.3) is 0 Å². The Morgan fingerprint density at radius 1 is 0.471 bits per heavy atom. The largest absolute Gasteiger partial charge is 0.465 e. The molecule has 14 bridgehead atoms. The van der Waals surface area contributed by atoms with Crippen LogP contribution in [0.1, 0.15) is 254 Å². The van der Waals surface area contributed by atoms with Crippen molar-refractivity contribution >= 4 is 23.9 Å². The van der Waals surface area contributed by atoms with E-state index in [-0.39, 0.29) is 69.3 Å². The van der Waals surface area contributed by atoms with Crippen molar-refractivity contribution in [2.75, 3.05) is 6.61 Å². The maximum atomic E-state index is 13.2. The second kappa shape index (κ2) is 23.8. The molecule has 15 fully saturated rings. The molecule has 14 aliphatic carbocycles. The van der Waals surface area contributed by atoms with E-state index in [0.29, 0.717) is 54.0 Å². The summed E-state index contributed by atoms with van der Waals surface area (Å²) in [5.41, 5.74) is -1.14. The Morgan fingerprint density at radius 3 is 1.19 bits per heavy atom. The summed E-state index contributed by atoms with van der Waals surface area (Å²) in [5.74, 6) is 19.0. The van der Waals surface area contributed by atoms with Gasteiger partial charge < -0.3 is 24.1 Å². The fourth-order valence-electron chi connectivity index (χ4n) is 23.7. The van der Waals surface area contributed by atoms with Crippen LogP contribution in [0, 0.1) is 171 Å². The van der Waals surface area contributed by atoms with Crippen LogP contribution in [0.5, 0.6) is 0 Å².